The van der Waals surface area contributed by atoms with Gasteiger partial charge < -0.3 is 4.74 Å². The average Bonchev–Trinajstić information content (AvgIpc) is 3.21. The van der Waals surface area contributed by atoms with E-state index in [0.29, 0.717) is 6.61 Å². The van der Waals surface area contributed by atoms with Gasteiger partial charge in [-0.3, -0.25) is 0 Å². The minimum absolute atomic E-state index is 0.0233. The second-order valence-corrected chi connectivity index (χ2v) is 10.5. The maximum absolute atomic E-state index is 12.7. The fourth-order valence-corrected chi connectivity index (χ4v) is 5.21. The number of hydrogen-bond donors (Lipinski definition) is 1. The minimum atomic E-state index is -3.73. The van der Waals surface area contributed by atoms with Gasteiger partial charge in [0.1, 0.15) is 0 Å². The Balaban J connectivity index is 1.69. The van der Waals surface area contributed by atoms with Gasteiger partial charge in [0.05, 0.1) is 15.9 Å². The van der Waals surface area contributed by atoms with Crippen LogP contribution in [0.2, 0.25) is 0 Å². The lowest BCUT2D eigenvalue weighted by molar-refractivity contribution is 0.114. The zero-order valence-corrected chi connectivity index (χ0v) is 17.2. The van der Waals surface area contributed by atoms with Gasteiger partial charge in [0, 0.05) is 26.7 Å². The third-order valence-corrected chi connectivity index (χ3v) is 7.87. The molecule has 1 unspecified atom stereocenters. The van der Waals surface area contributed by atoms with E-state index in [-0.39, 0.29) is 29.0 Å². The molecule has 0 aliphatic carbocycles. The first kappa shape index (κ1) is 20.9. The number of ether oxygens (including phenoxy) is 1. The van der Waals surface area contributed by atoms with Crippen molar-refractivity contribution >= 4 is 20.0 Å². The molecule has 0 radical (unpaired) electrons. The summed E-state index contributed by atoms with van der Waals surface area (Å²) in [7, 11) is -5.95. The van der Waals surface area contributed by atoms with Gasteiger partial charge in [0.25, 0.3) is 0 Å². The summed E-state index contributed by atoms with van der Waals surface area (Å²) in [4.78, 5) is 0.0687. The van der Waals surface area contributed by atoms with Crippen molar-refractivity contribution < 1.29 is 21.6 Å². The lowest BCUT2D eigenvalue weighted by atomic mass is 10.2. The lowest BCUT2D eigenvalue weighted by Gasteiger charge is -2.17. The molecule has 1 saturated heterocycles. The summed E-state index contributed by atoms with van der Waals surface area (Å²) in [6.07, 6.45) is 1.64. The first-order valence-corrected chi connectivity index (χ1v) is 11.9. The van der Waals surface area contributed by atoms with Crippen LogP contribution < -0.4 is 4.72 Å². The summed E-state index contributed by atoms with van der Waals surface area (Å²) in [6, 6.07) is 14.5. The fourth-order valence-electron chi connectivity index (χ4n) is 2.99. The zero-order valence-electron chi connectivity index (χ0n) is 15.6. The minimum Gasteiger partial charge on any atom is -0.377 e. The van der Waals surface area contributed by atoms with Gasteiger partial charge in [-0.1, -0.05) is 30.3 Å². The van der Waals surface area contributed by atoms with Crippen molar-refractivity contribution in [3.8, 4) is 0 Å². The lowest BCUT2D eigenvalue weighted by Crippen LogP contribution is -2.32. The molecular formula is C19H24N2O5S2. The molecule has 0 aromatic heterocycles. The number of rotatable bonds is 8. The predicted octanol–water partition coefficient (Wildman–Crippen LogP) is 1.96. The molecule has 0 spiro atoms. The second kappa shape index (κ2) is 8.71. The van der Waals surface area contributed by atoms with Crippen LogP contribution in [0.4, 0.5) is 0 Å². The first-order chi connectivity index (χ1) is 13.3. The molecular weight excluding hydrogens is 400 g/mol. The van der Waals surface area contributed by atoms with Crippen molar-refractivity contribution in [1.29, 1.82) is 0 Å². The van der Waals surface area contributed by atoms with E-state index >= 15 is 0 Å². The third-order valence-electron chi connectivity index (χ3n) is 4.62. The molecule has 2 aromatic carbocycles. The van der Waals surface area contributed by atoms with Gasteiger partial charge in [0.2, 0.25) is 20.0 Å². The Bertz CT molecular complexity index is 984. The Labute approximate surface area is 166 Å². The van der Waals surface area contributed by atoms with E-state index in [0.717, 1.165) is 18.4 Å². The highest BCUT2D eigenvalue weighted by molar-refractivity contribution is 7.89. The Morgan fingerprint density at radius 2 is 1.64 bits per heavy atom. The van der Waals surface area contributed by atoms with E-state index < -0.39 is 20.0 Å². The topological polar surface area (TPSA) is 92.8 Å². The average molecular weight is 425 g/mol. The molecule has 7 nitrogen and oxygen atoms in total. The number of hydrogen-bond acceptors (Lipinski definition) is 5. The SMILES string of the molecule is CN(Cc1ccccc1)S(=O)(=O)c1ccc(S(=O)(=O)NCC2CCCO2)cc1. The standard InChI is InChI=1S/C19H24N2O5S2/c1-21(15-16-6-3-2-4-7-16)28(24,25)19-11-9-18(10-12-19)27(22,23)20-14-17-8-5-13-26-17/h2-4,6-7,9-12,17,20H,5,8,13-15H2,1H3. The molecule has 2 aromatic rings. The largest absolute Gasteiger partial charge is 0.377 e. The van der Waals surface area contributed by atoms with Crippen LogP contribution in [0.1, 0.15) is 18.4 Å². The summed E-state index contributed by atoms with van der Waals surface area (Å²) in [5.74, 6) is 0. The second-order valence-electron chi connectivity index (χ2n) is 6.71. The molecule has 1 aliphatic rings. The third kappa shape index (κ3) is 4.98. The Hall–Kier alpha value is -1.78. The van der Waals surface area contributed by atoms with E-state index in [9.17, 15) is 16.8 Å². The normalized spacial score (nSPS) is 17.9. The van der Waals surface area contributed by atoms with Crippen molar-refractivity contribution in [2.75, 3.05) is 20.2 Å². The van der Waals surface area contributed by atoms with Crippen LogP contribution in [-0.4, -0.2) is 47.4 Å². The van der Waals surface area contributed by atoms with Crippen molar-refractivity contribution in [3.63, 3.8) is 0 Å². The van der Waals surface area contributed by atoms with Crippen LogP contribution >= 0.6 is 0 Å². The summed E-state index contributed by atoms with van der Waals surface area (Å²) in [6.45, 7) is 1.09. The fraction of sp³-hybridized carbons (Fsp3) is 0.368. The van der Waals surface area contributed by atoms with Crippen LogP contribution in [0, 0.1) is 0 Å². The predicted molar refractivity (Wildman–Crippen MR) is 106 cm³/mol. The van der Waals surface area contributed by atoms with E-state index in [4.69, 9.17) is 4.74 Å². The molecule has 0 bridgehead atoms. The Kier molecular flexibility index (Phi) is 6.51. The molecule has 152 valence electrons. The van der Waals surface area contributed by atoms with Crippen LogP contribution in [0.3, 0.4) is 0 Å². The van der Waals surface area contributed by atoms with Crippen molar-refractivity contribution in [2.24, 2.45) is 0 Å². The molecule has 3 rings (SSSR count). The quantitative estimate of drug-likeness (QED) is 0.699. The zero-order chi connectivity index (χ0) is 20.2. The van der Waals surface area contributed by atoms with Gasteiger partial charge in [-0.15, -0.1) is 0 Å². The first-order valence-electron chi connectivity index (χ1n) is 9.01. The molecule has 1 fully saturated rings. The number of nitrogens with zero attached hydrogens (tertiary/aromatic N) is 1. The van der Waals surface area contributed by atoms with E-state index in [1.54, 1.807) is 0 Å². The Morgan fingerprint density at radius 1 is 1.00 bits per heavy atom. The highest BCUT2D eigenvalue weighted by Gasteiger charge is 2.23. The monoisotopic (exact) mass is 424 g/mol. The van der Waals surface area contributed by atoms with Crippen molar-refractivity contribution in [1.82, 2.24) is 9.03 Å². The van der Waals surface area contributed by atoms with Crippen molar-refractivity contribution in [3.05, 3.63) is 60.2 Å². The van der Waals surface area contributed by atoms with Crippen LogP contribution in [0.5, 0.6) is 0 Å². The molecule has 1 N–H and O–H groups in total. The van der Waals surface area contributed by atoms with Gasteiger partial charge in [-0.2, -0.15) is 4.31 Å². The smallest absolute Gasteiger partial charge is 0.243 e. The summed E-state index contributed by atoms with van der Waals surface area (Å²) in [5.41, 5.74) is 0.867. The molecule has 0 amide bonds. The number of benzene rings is 2. The number of nitrogens with one attached hydrogen (secondary N) is 1. The number of sulfonamides is 2. The summed E-state index contributed by atoms with van der Waals surface area (Å²) < 4.78 is 59.4. The maximum atomic E-state index is 12.7. The molecule has 1 heterocycles. The van der Waals surface area contributed by atoms with E-state index in [2.05, 4.69) is 4.72 Å². The van der Waals surface area contributed by atoms with E-state index in [1.807, 2.05) is 30.3 Å². The highest BCUT2D eigenvalue weighted by Crippen LogP contribution is 2.20. The summed E-state index contributed by atoms with van der Waals surface area (Å²) in [5, 5.41) is 0. The molecule has 1 atom stereocenters. The van der Waals surface area contributed by atoms with Crippen LogP contribution in [0.25, 0.3) is 0 Å². The van der Waals surface area contributed by atoms with E-state index in [1.165, 1.54) is 35.6 Å². The van der Waals surface area contributed by atoms with Gasteiger partial charge in [-0.25, -0.2) is 21.6 Å². The highest BCUT2D eigenvalue weighted by atomic mass is 32.2. The molecule has 0 saturated carbocycles. The summed E-state index contributed by atoms with van der Waals surface area (Å²) >= 11 is 0. The Morgan fingerprint density at radius 3 is 2.25 bits per heavy atom. The maximum Gasteiger partial charge on any atom is 0.243 e. The van der Waals surface area contributed by atoms with Gasteiger partial charge in [0.15, 0.2) is 0 Å². The van der Waals surface area contributed by atoms with Crippen molar-refractivity contribution in [2.45, 2.75) is 35.3 Å². The van der Waals surface area contributed by atoms with Crippen LogP contribution in [0.15, 0.2) is 64.4 Å². The molecule has 1 aliphatic heterocycles. The molecule has 28 heavy (non-hydrogen) atoms. The van der Waals surface area contributed by atoms with Gasteiger partial charge >= 0.3 is 0 Å². The van der Waals surface area contributed by atoms with Crippen LogP contribution in [-0.2, 0) is 31.3 Å². The van der Waals surface area contributed by atoms with Gasteiger partial charge in [-0.05, 0) is 42.7 Å². The molecule has 9 heteroatoms.